The number of fused-ring (bicyclic) bond motifs is 9. The van der Waals surface area contributed by atoms with Crippen LogP contribution in [0, 0.1) is 10.8 Å². The summed E-state index contributed by atoms with van der Waals surface area (Å²) in [4.78, 5) is 53.8. The number of thioether (sulfide) groups is 1. The zero-order valence-electron chi connectivity index (χ0n) is 32.4. The fraction of sp³-hybridized carbons (Fsp3) is 0.537. The Morgan fingerprint density at radius 3 is 2.71 bits per heavy atom. The minimum atomic E-state index is -0.848. The fourth-order valence-electron chi connectivity index (χ4n) is 9.28. The predicted molar refractivity (Wildman–Crippen MR) is 216 cm³/mol. The van der Waals surface area contributed by atoms with Gasteiger partial charge in [-0.15, -0.1) is 23.1 Å². The molecule has 55 heavy (non-hydrogen) atoms. The van der Waals surface area contributed by atoms with Gasteiger partial charge in [0.05, 0.1) is 48.7 Å². The largest absolute Gasteiger partial charge is 0.464 e. The van der Waals surface area contributed by atoms with Crippen molar-refractivity contribution in [2.45, 2.75) is 87.9 Å². The number of carbonyl (C=O) groups is 3. The van der Waals surface area contributed by atoms with E-state index in [9.17, 15) is 14.4 Å². The first-order chi connectivity index (χ1) is 26.4. The van der Waals surface area contributed by atoms with E-state index in [1.54, 1.807) is 35.2 Å². The number of nitrogens with zero attached hydrogens (tertiary/aromatic N) is 5. The quantitative estimate of drug-likeness (QED) is 0.141. The third-order valence-electron chi connectivity index (χ3n) is 12.7. The molecule has 11 nitrogen and oxygen atoms in total. The number of thiazole rings is 1. The van der Waals surface area contributed by atoms with E-state index in [2.05, 4.69) is 67.3 Å². The Morgan fingerprint density at radius 2 is 2.00 bits per heavy atom. The lowest BCUT2D eigenvalue weighted by Gasteiger charge is -2.39. The molecule has 1 aliphatic carbocycles. The number of ether oxygens (including phenoxy) is 2. The molecule has 4 fully saturated rings. The van der Waals surface area contributed by atoms with Gasteiger partial charge in [0.1, 0.15) is 6.04 Å². The standard InChI is InChI=1S/C41H48N6O5S2Si/c1-7-46-30-14-13-24-19-26(30)27(32(46)25-11-8-15-42-33(25)39(4,51-5)53-6)20-38(2,3)23-52-34(48)28-12-9-18-47(44-28)36(49)40(21-31-43-29(24)22-54-31)35-41(40,55-35)37(50)45-16-10-17-45/h8,11,13-15,19,22,28,35,44H,7,9-10,12,16-18,20-21,23H2,1-6H3/t28-,35?,39+,40?,41?/m0/s1. The van der Waals surface area contributed by atoms with Gasteiger partial charge in [-0.05, 0) is 81.2 Å². The summed E-state index contributed by atoms with van der Waals surface area (Å²) in [5.41, 5.74) is 9.05. The molecule has 9 rings (SSSR count). The highest BCUT2D eigenvalue weighted by atomic mass is 32.2. The number of aryl methyl sites for hydroxylation is 1. The summed E-state index contributed by atoms with van der Waals surface area (Å²) in [6.45, 7) is 11.4. The summed E-state index contributed by atoms with van der Waals surface area (Å²) in [5, 5.41) is 5.04. The Kier molecular flexibility index (Phi) is 8.93. The minimum absolute atomic E-state index is 0.0167. The number of hydrazine groups is 1. The number of hydrogen-bond acceptors (Lipinski definition) is 10. The molecule has 3 aromatic heterocycles. The zero-order chi connectivity index (χ0) is 38.5. The molecule has 1 aromatic carbocycles. The van der Waals surface area contributed by atoms with Gasteiger partial charge >= 0.3 is 5.97 Å². The Morgan fingerprint density at radius 1 is 1.18 bits per heavy atom. The minimum Gasteiger partial charge on any atom is -0.464 e. The van der Waals surface area contributed by atoms with Crippen LogP contribution in [0.5, 0.6) is 0 Å². The number of carbonyl (C=O) groups excluding carboxylic acids is 3. The van der Waals surface area contributed by atoms with Gasteiger partial charge in [-0.1, -0.05) is 19.9 Å². The molecule has 1 saturated carbocycles. The van der Waals surface area contributed by atoms with Gasteiger partial charge in [-0.2, -0.15) is 0 Å². The average molecular weight is 797 g/mol. The van der Waals surface area contributed by atoms with Crippen LogP contribution in [0.25, 0.3) is 33.4 Å². The van der Waals surface area contributed by atoms with Crippen molar-refractivity contribution in [3.63, 3.8) is 0 Å². The van der Waals surface area contributed by atoms with Gasteiger partial charge < -0.3 is 18.9 Å². The lowest BCUT2D eigenvalue weighted by Crippen LogP contribution is -2.59. The number of likely N-dealkylation sites (tertiary alicyclic amines) is 1. The van der Waals surface area contributed by atoms with Crippen molar-refractivity contribution in [2.75, 3.05) is 39.6 Å². The smallest absolute Gasteiger partial charge is 0.324 e. The van der Waals surface area contributed by atoms with Crippen LogP contribution in [0.4, 0.5) is 0 Å². The third-order valence-corrected chi connectivity index (χ3v) is 17.0. The second-order valence-corrected chi connectivity index (χ2v) is 20.4. The van der Waals surface area contributed by atoms with E-state index < -0.39 is 26.8 Å². The first-order valence-electron chi connectivity index (χ1n) is 19.4. The number of esters is 1. The van der Waals surface area contributed by atoms with Gasteiger partial charge in [-0.3, -0.25) is 24.4 Å². The van der Waals surface area contributed by atoms with Crippen LogP contribution in [-0.4, -0.2) is 97.4 Å². The molecule has 2 amide bonds. The molecule has 4 aliphatic heterocycles. The normalized spacial score (nSPS) is 28.3. The summed E-state index contributed by atoms with van der Waals surface area (Å²) in [7, 11) is 2.17. The fourth-order valence-corrected chi connectivity index (χ4v) is 12.9. The first-order valence-corrected chi connectivity index (χ1v) is 22.6. The van der Waals surface area contributed by atoms with Crippen molar-refractivity contribution < 1.29 is 23.9 Å². The summed E-state index contributed by atoms with van der Waals surface area (Å²) in [6.07, 6.45) is 7.15. The maximum Gasteiger partial charge on any atom is 0.324 e. The van der Waals surface area contributed by atoms with Crippen LogP contribution in [0.3, 0.4) is 0 Å². The number of nitrogens with one attached hydrogen (secondary N) is 1. The van der Waals surface area contributed by atoms with E-state index in [1.165, 1.54) is 0 Å². The van der Waals surface area contributed by atoms with Crippen molar-refractivity contribution >= 4 is 61.3 Å². The molecule has 14 heteroatoms. The lowest BCUT2D eigenvalue weighted by atomic mass is 9.84. The summed E-state index contributed by atoms with van der Waals surface area (Å²) >= 11 is 3.17. The molecule has 288 valence electrons. The van der Waals surface area contributed by atoms with E-state index in [0.29, 0.717) is 41.7 Å². The number of amides is 2. The van der Waals surface area contributed by atoms with Crippen LogP contribution in [-0.2, 0) is 48.2 Å². The van der Waals surface area contributed by atoms with Gasteiger partial charge in [0.15, 0.2) is 4.93 Å². The van der Waals surface area contributed by atoms with E-state index >= 15 is 0 Å². The van der Waals surface area contributed by atoms with Crippen LogP contribution >= 0.6 is 23.1 Å². The molecule has 5 aliphatic rings. The molecule has 1 N–H and O–H groups in total. The molecule has 6 bridgehead atoms. The number of aromatic nitrogens is 3. The monoisotopic (exact) mass is 796 g/mol. The highest BCUT2D eigenvalue weighted by Gasteiger charge is 2.96. The third kappa shape index (κ3) is 5.59. The van der Waals surface area contributed by atoms with Gasteiger partial charge in [0, 0.05) is 78.7 Å². The molecule has 3 saturated heterocycles. The Balaban J connectivity index is 1.19. The average Bonchev–Trinajstić information content (AvgIpc) is 3.94. The number of cyclic esters (lactones) is 1. The zero-order valence-corrected chi connectivity index (χ0v) is 35.0. The van der Waals surface area contributed by atoms with Crippen molar-refractivity contribution in [2.24, 2.45) is 10.8 Å². The number of pyridine rings is 1. The van der Waals surface area contributed by atoms with E-state index in [0.717, 1.165) is 75.7 Å². The van der Waals surface area contributed by atoms with E-state index in [4.69, 9.17) is 19.4 Å². The molecule has 3 unspecified atom stereocenters. The maximum absolute atomic E-state index is 14.7. The van der Waals surface area contributed by atoms with Crippen molar-refractivity contribution in [3.05, 3.63) is 58.2 Å². The van der Waals surface area contributed by atoms with Crippen LogP contribution in [0.1, 0.15) is 63.2 Å². The Bertz CT molecular complexity index is 2230. The second-order valence-electron chi connectivity index (χ2n) is 16.6. The summed E-state index contributed by atoms with van der Waals surface area (Å²) in [6, 6.07) is 10.1. The number of benzene rings is 1. The van der Waals surface area contributed by atoms with E-state index in [-0.39, 0.29) is 29.9 Å². The SMILES string of the molecule is CCn1c(-c2cccnc2[C@](C)(OC)SC)c2c3cc(ccc31)-c1csc(n1)CC1(C(=O)N3CCC[C@H](N3)C(=O)OCC(C)(C)C2)C2[Si]C21C(=O)N1CCC1. The Hall–Kier alpha value is -3.56. The van der Waals surface area contributed by atoms with Gasteiger partial charge in [-0.25, -0.2) is 10.4 Å². The molecular weight excluding hydrogens is 749 g/mol. The first kappa shape index (κ1) is 37.0. The molecular formula is C41H48N6O5S2Si. The highest BCUT2D eigenvalue weighted by molar-refractivity contribution is 7.99. The molecule has 7 heterocycles. The summed E-state index contributed by atoms with van der Waals surface area (Å²) < 4.78 is 14.6. The van der Waals surface area contributed by atoms with Crippen LogP contribution < -0.4 is 5.43 Å². The topological polar surface area (TPSA) is 119 Å². The molecule has 4 aromatic rings. The highest BCUT2D eigenvalue weighted by Crippen LogP contribution is 2.94. The van der Waals surface area contributed by atoms with Crippen molar-refractivity contribution in [1.82, 2.24) is 29.9 Å². The van der Waals surface area contributed by atoms with Gasteiger partial charge in [0.2, 0.25) is 11.8 Å². The van der Waals surface area contributed by atoms with E-state index in [1.807, 2.05) is 23.4 Å². The lowest BCUT2D eigenvalue weighted by molar-refractivity contribution is -0.157. The predicted octanol–water partition coefficient (Wildman–Crippen LogP) is 6.09. The number of rotatable bonds is 6. The molecule has 2 radical (unpaired) electrons. The maximum atomic E-state index is 14.7. The van der Waals surface area contributed by atoms with Crippen molar-refractivity contribution in [1.29, 1.82) is 0 Å². The second kappa shape index (κ2) is 13.3. The molecule has 1 spiro atoms. The van der Waals surface area contributed by atoms with Crippen molar-refractivity contribution in [3.8, 4) is 22.5 Å². The Labute approximate surface area is 332 Å². The summed E-state index contributed by atoms with van der Waals surface area (Å²) in [5.74, 6) is -0.316. The molecule has 5 atom stereocenters. The van der Waals surface area contributed by atoms with Crippen LogP contribution in [0.15, 0.2) is 41.9 Å². The number of methoxy groups -OCH3 is 1. The van der Waals surface area contributed by atoms with Crippen LogP contribution in [0.2, 0.25) is 10.6 Å². The number of hydrogen-bond donors (Lipinski definition) is 1. The van der Waals surface area contributed by atoms with Gasteiger partial charge in [0.25, 0.3) is 0 Å².